The van der Waals surface area contributed by atoms with Crippen molar-refractivity contribution in [3.63, 3.8) is 0 Å². The van der Waals surface area contributed by atoms with Crippen molar-refractivity contribution < 1.29 is 19.8 Å². The van der Waals surface area contributed by atoms with Crippen molar-refractivity contribution in [2.75, 3.05) is 17.2 Å². The number of aromatic carboxylic acids is 1. The first-order chi connectivity index (χ1) is 15.0. The van der Waals surface area contributed by atoms with Gasteiger partial charge in [0.25, 0.3) is 0 Å². The Kier molecular flexibility index (Phi) is 6.55. The van der Waals surface area contributed by atoms with Crippen LogP contribution in [0.15, 0.2) is 65.1 Å². The molecular formula is C22H21N3O4S2. The monoisotopic (exact) mass is 455 g/mol. The molecule has 0 spiro atoms. The smallest absolute Gasteiger partial charge is 0.347 e. The van der Waals surface area contributed by atoms with E-state index in [0.29, 0.717) is 16.6 Å². The Morgan fingerprint density at radius 1 is 1.23 bits per heavy atom. The van der Waals surface area contributed by atoms with Gasteiger partial charge in [0.05, 0.1) is 12.2 Å². The second-order valence-electron chi connectivity index (χ2n) is 7.05. The summed E-state index contributed by atoms with van der Waals surface area (Å²) in [6.45, 7) is 0.531. The van der Waals surface area contributed by atoms with Crippen LogP contribution >= 0.6 is 23.1 Å². The summed E-state index contributed by atoms with van der Waals surface area (Å²) in [5.41, 5.74) is 2.25. The number of carbonyl (C=O) groups excluding carboxylic acids is 1. The number of hydrogen-bond acceptors (Lipinski definition) is 6. The van der Waals surface area contributed by atoms with Crippen molar-refractivity contribution in [1.82, 2.24) is 10.3 Å². The van der Waals surface area contributed by atoms with Crippen molar-refractivity contribution in [2.24, 2.45) is 0 Å². The average molecular weight is 456 g/mol. The lowest BCUT2D eigenvalue weighted by atomic mass is 10.0. The van der Waals surface area contributed by atoms with E-state index in [4.69, 9.17) is 5.11 Å². The Balaban J connectivity index is 1.44. The molecule has 0 saturated carbocycles. The molecule has 0 aliphatic carbocycles. The molecular weight excluding hydrogens is 434 g/mol. The third kappa shape index (κ3) is 4.90. The number of carboxylic acid groups (broad SMARTS) is 1. The summed E-state index contributed by atoms with van der Waals surface area (Å²) in [7, 11) is 0. The van der Waals surface area contributed by atoms with Crippen LogP contribution in [0.25, 0.3) is 0 Å². The van der Waals surface area contributed by atoms with E-state index in [2.05, 4.69) is 10.3 Å². The molecule has 160 valence electrons. The molecule has 1 aliphatic rings. The second-order valence-corrected chi connectivity index (χ2v) is 9.42. The van der Waals surface area contributed by atoms with Crippen molar-refractivity contribution in [3.05, 3.63) is 76.8 Å². The highest BCUT2D eigenvalue weighted by Crippen LogP contribution is 2.30. The molecule has 4 rings (SSSR count). The first-order valence-corrected chi connectivity index (χ1v) is 11.5. The number of aliphatic hydroxyl groups excluding tert-OH is 1. The third-order valence-electron chi connectivity index (χ3n) is 5.02. The predicted octanol–water partition coefficient (Wildman–Crippen LogP) is 4.00. The van der Waals surface area contributed by atoms with Crippen molar-refractivity contribution in [2.45, 2.75) is 22.9 Å². The molecule has 31 heavy (non-hydrogen) atoms. The maximum Gasteiger partial charge on any atom is 0.347 e. The van der Waals surface area contributed by atoms with E-state index in [-0.39, 0.29) is 17.0 Å². The first-order valence-electron chi connectivity index (χ1n) is 9.75. The summed E-state index contributed by atoms with van der Waals surface area (Å²) in [4.78, 5) is 29.6. The minimum atomic E-state index is -0.973. The van der Waals surface area contributed by atoms with Gasteiger partial charge in [0.1, 0.15) is 11.0 Å². The van der Waals surface area contributed by atoms with Crippen LogP contribution < -0.4 is 10.2 Å². The highest BCUT2D eigenvalue weighted by atomic mass is 32.2. The van der Waals surface area contributed by atoms with Gasteiger partial charge in [-0.15, -0.1) is 11.3 Å². The Morgan fingerprint density at radius 2 is 2.00 bits per heavy atom. The SMILES string of the molecule is O=C(O)c1cnc(SCC[C@H]2CNC(=O)N2c2cccc(C(O)c3ccccc3)c2)s1. The van der Waals surface area contributed by atoms with Crippen LogP contribution in [-0.4, -0.2) is 45.5 Å². The van der Waals surface area contributed by atoms with E-state index in [1.807, 2.05) is 54.6 Å². The van der Waals surface area contributed by atoms with Gasteiger partial charge in [0.2, 0.25) is 0 Å². The van der Waals surface area contributed by atoms with Crippen LogP contribution in [0.2, 0.25) is 0 Å². The number of anilines is 1. The van der Waals surface area contributed by atoms with Crippen LogP contribution in [-0.2, 0) is 0 Å². The molecule has 1 aliphatic heterocycles. The van der Waals surface area contributed by atoms with Gasteiger partial charge in [-0.2, -0.15) is 0 Å². The molecule has 3 aromatic rings. The zero-order valence-corrected chi connectivity index (χ0v) is 18.1. The van der Waals surface area contributed by atoms with Crippen LogP contribution in [0.5, 0.6) is 0 Å². The van der Waals surface area contributed by atoms with Crippen molar-refractivity contribution >= 4 is 40.8 Å². The lowest BCUT2D eigenvalue weighted by Gasteiger charge is -2.24. The molecule has 1 fully saturated rings. The molecule has 9 heteroatoms. The molecule has 1 aromatic heterocycles. The number of benzene rings is 2. The Labute approximate surface area is 187 Å². The standard InChI is InChI=1S/C22H21N3O4S2/c26-19(14-5-2-1-3-6-14)15-7-4-8-16(11-15)25-17(12-23-21(25)29)9-10-30-22-24-13-18(31-22)20(27)28/h1-8,11,13,17,19,26H,9-10,12H2,(H,23,29)(H,27,28)/t17-,19?/m0/s1. The van der Waals surface area contributed by atoms with Crippen LogP contribution in [0, 0.1) is 0 Å². The lowest BCUT2D eigenvalue weighted by molar-refractivity contribution is 0.0702. The summed E-state index contributed by atoms with van der Waals surface area (Å²) < 4.78 is 0.703. The molecule has 1 unspecified atom stereocenters. The fourth-order valence-corrected chi connectivity index (χ4v) is 5.42. The number of rotatable bonds is 8. The summed E-state index contributed by atoms with van der Waals surface area (Å²) in [5.74, 6) is -0.270. The second kappa shape index (κ2) is 9.51. The number of nitrogens with zero attached hydrogens (tertiary/aromatic N) is 2. The summed E-state index contributed by atoms with van der Waals surface area (Å²) in [6, 6.07) is 16.6. The Morgan fingerprint density at radius 3 is 2.74 bits per heavy atom. The zero-order chi connectivity index (χ0) is 21.8. The fraction of sp³-hybridized carbons (Fsp3) is 0.227. The van der Waals surface area contributed by atoms with E-state index >= 15 is 0 Å². The summed E-state index contributed by atoms with van der Waals surface area (Å²) >= 11 is 2.64. The molecule has 2 heterocycles. The predicted molar refractivity (Wildman–Crippen MR) is 121 cm³/mol. The maximum absolute atomic E-state index is 12.5. The van der Waals surface area contributed by atoms with E-state index in [9.17, 15) is 14.7 Å². The molecule has 1 saturated heterocycles. The normalized spacial score (nSPS) is 16.9. The molecule has 0 radical (unpaired) electrons. The Bertz CT molecular complexity index is 1070. The van der Waals surface area contributed by atoms with Crippen LogP contribution in [0.3, 0.4) is 0 Å². The molecule has 3 N–H and O–H groups in total. The Hall–Kier alpha value is -2.88. The van der Waals surface area contributed by atoms with Gasteiger partial charge in [-0.05, 0) is 29.7 Å². The lowest BCUT2D eigenvalue weighted by Crippen LogP contribution is -2.34. The number of thioether (sulfide) groups is 1. The number of amides is 2. The number of nitrogens with one attached hydrogen (secondary N) is 1. The van der Waals surface area contributed by atoms with Crippen molar-refractivity contribution in [1.29, 1.82) is 0 Å². The highest BCUT2D eigenvalue weighted by Gasteiger charge is 2.32. The molecule has 2 amide bonds. The van der Waals surface area contributed by atoms with Gasteiger partial charge in [0.15, 0.2) is 4.34 Å². The van der Waals surface area contributed by atoms with Gasteiger partial charge in [-0.25, -0.2) is 14.6 Å². The van der Waals surface area contributed by atoms with E-state index < -0.39 is 12.1 Å². The molecule has 7 nitrogen and oxygen atoms in total. The minimum absolute atomic E-state index is 0.0389. The van der Waals surface area contributed by atoms with Crippen LogP contribution in [0.1, 0.15) is 33.3 Å². The third-order valence-corrected chi connectivity index (χ3v) is 7.20. The average Bonchev–Trinajstić information content (AvgIpc) is 3.41. The minimum Gasteiger partial charge on any atom is -0.477 e. The number of aromatic nitrogens is 1. The zero-order valence-electron chi connectivity index (χ0n) is 16.5. The van der Waals surface area contributed by atoms with E-state index in [0.717, 1.165) is 34.6 Å². The number of urea groups is 1. The van der Waals surface area contributed by atoms with Gasteiger partial charge in [-0.3, -0.25) is 4.90 Å². The fourth-order valence-electron chi connectivity index (χ4n) is 3.49. The highest BCUT2D eigenvalue weighted by molar-refractivity contribution is 8.01. The number of thiazole rings is 1. The maximum atomic E-state index is 12.5. The number of carboxylic acids is 1. The quantitative estimate of drug-likeness (QED) is 0.444. The first kappa shape index (κ1) is 21.4. The van der Waals surface area contributed by atoms with Gasteiger partial charge < -0.3 is 15.5 Å². The summed E-state index contributed by atoms with van der Waals surface area (Å²) in [6.07, 6.45) is 1.32. The molecule has 2 atom stereocenters. The number of aliphatic hydroxyl groups is 1. The number of hydrogen-bond donors (Lipinski definition) is 3. The van der Waals surface area contributed by atoms with Gasteiger partial charge >= 0.3 is 12.0 Å². The topological polar surface area (TPSA) is 103 Å². The van der Waals surface area contributed by atoms with E-state index in [1.54, 1.807) is 4.90 Å². The number of carbonyl (C=O) groups is 2. The summed E-state index contributed by atoms with van der Waals surface area (Å²) in [5, 5.41) is 22.6. The molecule has 0 bridgehead atoms. The van der Waals surface area contributed by atoms with Gasteiger partial charge in [-0.1, -0.05) is 54.2 Å². The van der Waals surface area contributed by atoms with Crippen molar-refractivity contribution in [3.8, 4) is 0 Å². The van der Waals surface area contributed by atoms with Gasteiger partial charge in [0, 0.05) is 18.0 Å². The van der Waals surface area contributed by atoms with Crippen LogP contribution in [0.4, 0.5) is 10.5 Å². The largest absolute Gasteiger partial charge is 0.477 e. The molecule has 2 aromatic carbocycles. The van der Waals surface area contributed by atoms with E-state index in [1.165, 1.54) is 18.0 Å².